The van der Waals surface area contributed by atoms with Gasteiger partial charge in [0.1, 0.15) is 0 Å². The van der Waals surface area contributed by atoms with Crippen LogP contribution >= 0.6 is 0 Å². The van der Waals surface area contributed by atoms with Crippen LogP contribution in [0.1, 0.15) is 37.3 Å². The summed E-state index contributed by atoms with van der Waals surface area (Å²) >= 11 is 0. The highest BCUT2D eigenvalue weighted by atomic mass is 16.4. The maximum absolute atomic E-state index is 10.8. The molecule has 2 N–H and O–H groups in total. The first-order valence-corrected chi connectivity index (χ1v) is 6.03. The predicted octanol–water partition coefficient (Wildman–Crippen LogP) is 2.38. The predicted molar refractivity (Wildman–Crippen MR) is 72.2 cm³/mol. The Kier molecular flexibility index (Phi) is 5.41. The van der Waals surface area contributed by atoms with Crippen molar-refractivity contribution in [2.45, 2.75) is 38.8 Å². The third-order valence-electron chi connectivity index (χ3n) is 2.93. The molecule has 1 rings (SSSR count). The summed E-state index contributed by atoms with van der Waals surface area (Å²) < 4.78 is 0. The summed E-state index contributed by atoms with van der Waals surface area (Å²) in [6.45, 7) is 4.47. The van der Waals surface area contributed by atoms with Crippen molar-refractivity contribution in [2.24, 2.45) is 0 Å². The van der Waals surface area contributed by atoms with Crippen molar-refractivity contribution < 1.29 is 9.90 Å². The Morgan fingerprint density at radius 3 is 2.50 bits per heavy atom. The summed E-state index contributed by atoms with van der Waals surface area (Å²) in [4.78, 5) is 10.8. The molecular formula is C15H19NO2. The van der Waals surface area contributed by atoms with Gasteiger partial charge < -0.3 is 10.4 Å². The molecule has 2 unspecified atom stereocenters. The zero-order valence-electron chi connectivity index (χ0n) is 10.8. The van der Waals surface area contributed by atoms with Crippen LogP contribution in [0.3, 0.4) is 0 Å². The van der Waals surface area contributed by atoms with Gasteiger partial charge in [0.05, 0.1) is 5.92 Å². The lowest BCUT2D eigenvalue weighted by atomic mass is 10.00. The van der Waals surface area contributed by atoms with E-state index >= 15 is 0 Å². The van der Waals surface area contributed by atoms with Crippen LogP contribution in [0.4, 0.5) is 0 Å². The monoisotopic (exact) mass is 245 g/mol. The van der Waals surface area contributed by atoms with E-state index in [-0.39, 0.29) is 6.04 Å². The second-order valence-corrected chi connectivity index (χ2v) is 4.49. The van der Waals surface area contributed by atoms with Gasteiger partial charge in [0, 0.05) is 19.0 Å². The molecule has 0 amide bonds. The van der Waals surface area contributed by atoms with Crippen molar-refractivity contribution in [3.05, 3.63) is 35.4 Å². The van der Waals surface area contributed by atoms with E-state index in [0.29, 0.717) is 6.42 Å². The summed E-state index contributed by atoms with van der Waals surface area (Å²) in [6, 6.07) is 7.91. The second kappa shape index (κ2) is 6.83. The van der Waals surface area contributed by atoms with Crippen molar-refractivity contribution in [3.8, 4) is 12.3 Å². The number of hydrogen-bond donors (Lipinski definition) is 2. The topological polar surface area (TPSA) is 49.3 Å². The van der Waals surface area contributed by atoms with E-state index in [0.717, 1.165) is 17.7 Å². The highest BCUT2D eigenvalue weighted by Crippen LogP contribution is 2.16. The fourth-order valence-electron chi connectivity index (χ4n) is 1.61. The molecule has 0 heterocycles. The van der Waals surface area contributed by atoms with E-state index in [4.69, 9.17) is 11.5 Å². The quantitative estimate of drug-likeness (QED) is 0.756. The van der Waals surface area contributed by atoms with Crippen LogP contribution in [0.5, 0.6) is 0 Å². The second-order valence-electron chi connectivity index (χ2n) is 4.49. The van der Waals surface area contributed by atoms with Crippen LogP contribution in [-0.2, 0) is 11.3 Å². The van der Waals surface area contributed by atoms with Gasteiger partial charge in [-0.1, -0.05) is 24.3 Å². The molecule has 0 fully saturated rings. The Labute approximate surface area is 108 Å². The molecule has 1 aromatic rings. The molecule has 0 aromatic heterocycles. The first-order chi connectivity index (χ1) is 8.54. The fourth-order valence-corrected chi connectivity index (χ4v) is 1.61. The standard InChI is InChI=1S/C15H19NO2/c1-4-5-11(2)16-10-13-6-8-14(9-7-13)12(3)15(17)18/h1,6-9,11-12,16H,5,10H2,2-3H3,(H,17,18). The lowest BCUT2D eigenvalue weighted by Crippen LogP contribution is -2.24. The van der Waals surface area contributed by atoms with E-state index in [9.17, 15) is 4.79 Å². The molecule has 3 heteroatoms. The number of hydrogen-bond acceptors (Lipinski definition) is 2. The lowest BCUT2D eigenvalue weighted by molar-refractivity contribution is -0.138. The number of rotatable bonds is 6. The van der Waals surface area contributed by atoms with Gasteiger partial charge >= 0.3 is 5.97 Å². The summed E-state index contributed by atoms with van der Waals surface area (Å²) in [7, 11) is 0. The van der Waals surface area contributed by atoms with Gasteiger partial charge in [0.25, 0.3) is 0 Å². The Hall–Kier alpha value is -1.79. The van der Waals surface area contributed by atoms with Crippen molar-refractivity contribution in [1.82, 2.24) is 5.32 Å². The Balaban J connectivity index is 2.56. The highest BCUT2D eigenvalue weighted by Gasteiger charge is 2.12. The number of nitrogens with one attached hydrogen (secondary N) is 1. The summed E-state index contributed by atoms with van der Waals surface area (Å²) in [5.41, 5.74) is 1.95. The van der Waals surface area contributed by atoms with Crippen LogP contribution in [0.15, 0.2) is 24.3 Å². The highest BCUT2D eigenvalue weighted by molar-refractivity contribution is 5.75. The molecule has 3 nitrogen and oxygen atoms in total. The molecule has 2 atom stereocenters. The van der Waals surface area contributed by atoms with E-state index < -0.39 is 11.9 Å². The third-order valence-corrected chi connectivity index (χ3v) is 2.93. The molecule has 0 radical (unpaired) electrons. The van der Waals surface area contributed by atoms with Crippen molar-refractivity contribution >= 4 is 5.97 Å². The van der Waals surface area contributed by atoms with Crippen molar-refractivity contribution in [3.63, 3.8) is 0 Å². The third kappa shape index (κ3) is 4.23. The van der Waals surface area contributed by atoms with E-state index in [1.54, 1.807) is 6.92 Å². The smallest absolute Gasteiger partial charge is 0.310 e. The molecule has 0 saturated carbocycles. The Bertz CT molecular complexity index is 431. The van der Waals surface area contributed by atoms with Gasteiger partial charge in [-0.25, -0.2) is 0 Å². The molecule has 0 aliphatic heterocycles. The molecule has 0 saturated heterocycles. The number of carbonyl (C=O) groups is 1. The Morgan fingerprint density at radius 2 is 2.00 bits per heavy atom. The maximum Gasteiger partial charge on any atom is 0.310 e. The number of terminal acetylenes is 1. The van der Waals surface area contributed by atoms with Gasteiger partial charge in [-0.15, -0.1) is 12.3 Å². The minimum absolute atomic E-state index is 0.285. The van der Waals surface area contributed by atoms with Gasteiger partial charge in [0.2, 0.25) is 0 Å². The van der Waals surface area contributed by atoms with Crippen molar-refractivity contribution in [1.29, 1.82) is 0 Å². The van der Waals surface area contributed by atoms with Crippen LogP contribution in [0.2, 0.25) is 0 Å². The number of carboxylic acid groups (broad SMARTS) is 1. The fraction of sp³-hybridized carbons (Fsp3) is 0.400. The average molecular weight is 245 g/mol. The molecule has 1 aromatic carbocycles. The minimum atomic E-state index is -0.802. The summed E-state index contributed by atoms with van der Waals surface area (Å²) in [5, 5.41) is 12.2. The van der Waals surface area contributed by atoms with Crippen LogP contribution in [0.25, 0.3) is 0 Å². The molecule has 96 valence electrons. The average Bonchev–Trinajstić information content (AvgIpc) is 2.36. The molecule has 0 aliphatic carbocycles. The van der Waals surface area contributed by atoms with E-state index in [2.05, 4.69) is 11.2 Å². The molecule has 0 spiro atoms. The number of benzene rings is 1. The van der Waals surface area contributed by atoms with Gasteiger partial charge in [-0.2, -0.15) is 0 Å². The number of carboxylic acids is 1. The van der Waals surface area contributed by atoms with Gasteiger partial charge in [-0.05, 0) is 25.0 Å². The summed E-state index contributed by atoms with van der Waals surface area (Å²) in [5.74, 6) is 1.34. The lowest BCUT2D eigenvalue weighted by Gasteiger charge is -2.12. The zero-order valence-corrected chi connectivity index (χ0v) is 10.8. The molecular weight excluding hydrogens is 226 g/mol. The number of aliphatic carboxylic acids is 1. The first-order valence-electron chi connectivity index (χ1n) is 6.03. The first kappa shape index (κ1) is 14.3. The normalized spacial score (nSPS) is 13.6. The summed E-state index contributed by atoms with van der Waals surface area (Å²) in [6.07, 6.45) is 5.94. The molecule has 18 heavy (non-hydrogen) atoms. The SMILES string of the molecule is C#CCC(C)NCc1ccc(C(C)C(=O)O)cc1. The maximum atomic E-state index is 10.8. The van der Waals surface area contributed by atoms with Crippen LogP contribution < -0.4 is 5.32 Å². The zero-order chi connectivity index (χ0) is 13.5. The molecule has 0 bridgehead atoms. The van der Waals surface area contributed by atoms with Crippen LogP contribution in [0, 0.1) is 12.3 Å². The van der Waals surface area contributed by atoms with Crippen LogP contribution in [-0.4, -0.2) is 17.1 Å². The van der Waals surface area contributed by atoms with E-state index in [1.165, 1.54) is 0 Å². The Morgan fingerprint density at radius 1 is 1.39 bits per heavy atom. The molecule has 0 aliphatic rings. The van der Waals surface area contributed by atoms with E-state index in [1.807, 2.05) is 31.2 Å². The largest absolute Gasteiger partial charge is 0.481 e. The van der Waals surface area contributed by atoms with Crippen molar-refractivity contribution in [2.75, 3.05) is 0 Å². The van der Waals surface area contributed by atoms with Gasteiger partial charge in [0.15, 0.2) is 0 Å². The minimum Gasteiger partial charge on any atom is -0.481 e. The van der Waals surface area contributed by atoms with Gasteiger partial charge in [-0.3, -0.25) is 4.79 Å².